The van der Waals surface area contributed by atoms with Gasteiger partial charge in [-0.05, 0) is 19.9 Å². The second-order valence-electron chi connectivity index (χ2n) is 2.76. The molecule has 70 valence electrons. The van der Waals surface area contributed by atoms with Gasteiger partial charge in [-0.25, -0.2) is 9.97 Å². The largest absolute Gasteiger partial charge is 0.368 e. The minimum Gasteiger partial charge on any atom is -0.368 e. The number of hydrogen-bond donors (Lipinski definition) is 2. The van der Waals surface area contributed by atoms with Crippen molar-refractivity contribution in [2.45, 2.75) is 19.9 Å². The number of aromatic nitrogens is 2. The molecule has 0 saturated heterocycles. The van der Waals surface area contributed by atoms with Gasteiger partial charge in [-0.1, -0.05) is 0 Å². The molecule has 0 bridgehead atoms. The van der Waals surface area contributed by atoms with E-state index in [4.69, 9.17) is 5.73 Å². The molecule has 1 atom stereocenters. The van der Waals surface area contributed by atoms with Crippen LogP contribution in [-0.4, -0.2) is 21.9 Å². The Morgan fingerprint density at radius 3 is 2.92 bits per heavy atom. The lowest BCUT2D eigenvalue weighted by atomic mass is 10.3. The number of nitrogens with two attached hydrogens (primary N) is 1. The second-order valence-corrected chi connectivity index (χ2v) is 2.76. The minimum atomic E-state index is -0.422. The Kier molecular flexibility index (Phi) is 2.79. The van der Waals surface area contributed by atoms with Gasteiger partial charge in [0.2, 0.25) is 5.91 Å². The highest BCUT2D eigenvalue weighted by atomic mass is 16.1. The number of primary amides is 1. The first-order chi connectivity index (χ1) is 6.09. The third kappa shape index (κ3) is 2.70. The maximum atomic E-state index is 10.7. The van der Waals surface area contributed by atoms with Gasteiger partial charge in [-0.2, -0.15) is 0 Å². The predicted molar refractivity (Wildman–Crippen MR) is 49.0 cm³/mol. The minimum absolute atomic E-state index is 0.406. The molecule has 0 fully saturated rings. The zero-order chi connectivity index (χ0) is 9.84. The van der Waals surface area contributed by atoms with E-state index in [1.54, 1.807) is 26.1 Å². The zero-order valence-corrected chi connectivity index (χ0v) is 7.61. The molecule has 13 heavy (non-hydrogen) atoms. The normalized spacial score (nSPS) is 12.2. The van der Waals surface area contributed by atoms with Crippen molar-refractivity contribution in [3.63, 3.8) is 0 Å². The number of carbonyl (C=O) groups excluding carboxylic acids is 1. The summed E-state index contributed by atoms with van der Waals surface area (Å²) in [7, 11) is 0. The summed E-state index contributed by atoms with van der Waals surface area (Å²) in [5.74, 6) is 0.858. The highest BCUT2D eigenvalue weighted by Gasteiger charge is 2.07. The lowest BCUT2D eigenvalue weighted by molar-refractivity contribution is -0.118. The van der Waals surface area contributed by atoms with E-state index in [2.05, 4.69) is 15.3 Å². The molecule has 0 radical (unpaired) electrons. The molecule has 1 rings (SSSR count). The van der Waals surface area contributed by atoms with E-state index in [1.165, 1.54) is 0 Å². The fourth-order valence-electron chi connectivity index (χ4n) is 0.830. The summed E-state index contributed by atoms with van der Waals surface area (Å²) in [5, 5.41) is 2.86. The van der Waals surface area contributed by atoms with Crippen LogP contribution in [0.1, 0.15) is 12.7 Å². The first-order valence-corrected chi connectivity index (χ1v) is 3.95. The molecule has 1 aromatic rings. The Morgan fingerprint density at radius 1 is 1.69 bits per heavy atom. The van der Waals surface area contributed by atoms with E-state index < -0.39 is 11.9 Å². The molecule has 0 spiro atoms. The molecule has 1 unspecified atom stereocenters. The molecule has 5 nitrogen and oxygen atoms in total. The number of anilines is 1. The number of hydrogen-bond acceptors (Lipinski definition) is 4. The van der Waals surface area contributed by atoms with Gasteiger partial charge in [0.1, 0.15) is 17.7 Å². The lowest BCUT2D eigenvalue weighted by Crippen LogP contribution is -2.32. The Hall–Kier alpha value is -1.65. The monoisotopic (exact) mass is 180 g/mol. The average molecular weight is 180 g/mol. The molecule has 0 saturated carbocycles. The number of nitrogens with one attached hydrogen (secondary N) is 1. The van der Waals surface area contributed by atoms with E-state index in [-0.39, 0.29) is 0 Å². The Labute approximate surface area is 76.4 Å². The van der Waals surface area contributed by atoms with Crippen LogP contribution < -0.4 is 11.1 Å². The van der Waals surface area contributed by atoms with E-state index in [0.717, 1.165) is 0 Å². The van der Waals surface area contributed by atoms with Crippen molar-refractivity contribution in [3.05, 3.63) is 18.1 Å². The van der Waals surface area contributed by atoms with Crippen molar-refractivity contribution in [2.24, 2.45) is 5.73 Å². The number of carbonyl (C=O) groups is 1. The molecule has 0 aromatic carbocycles. The first-order valence-electron chi connectivity index (χ1n) is 3.95. The summed E-state index contributed by atoms with van der Waals surface area (Å²) >= 11 is 0. The molecule has 1 heterocycles. The highest BCUT2D eigenvalue weighted by molar-refractivity contribution is 5.82. The predicted octanol–water partition coefficient (Wildman–Crippen LogP) is 0.0707. The molecule has 1 amide bonds. The quantitative estimate of drug-likeness (QED) is 0.689. The van der Waals surface area contributed by atoms with Crippen LogP contribution in [0.2, 0.25) is 0 Å². The zero-order valence-electron chi connectivity index (χ0n) is 7.61. The Balaban J connectivity index is 2.69. The molecular weight excluding hydrogens is 168 g/mol. The van der Waals surface area contributed by atoms with Crippen LogP contribution >= 0.6 is 0 Å². The van der Waals surface area contributed by atoms with Crippen molar-refractivity contribution in [1.82, 2.24) is 9.97 Å². The van der Waals surface area contributed by atoms with Crippen molar-refractivity contribution >= 4 is 11.7 Å². The summed E-state index contributed by atoms with van der Waals surface area (Å²) in [6.07, 6.45) is 1.62. The van der Waals surface area contributed by atoms with E-state index in [1.807, 2.05) is 0 Å². The molecule has 0 aliphatic heterocycles. The van der Waals surface area contributed by atoms with Gasteiger partial charge in [0.15, 0.2) is 0 Å². The number of rotatable bonds is 3. The molecule has 5 heteroatoms. The van der Waals surface area contributed by atoms with Crippen LogP contribution in [0, 0.1) is 6.92 Å². The van der Waals surface area contributed by atoms with Crippen LogP contribution in [0.15, 0.2) is 12.3 Å². The molecule has 1 aromatic heterocycles. The summed E-state index contributed by atoms with van der Waals surface area (Å²) in [6, 6.07) is 1.26. The number of nitrogens with zero attached hydrogens (tertiary/aromatic N) is 2. The summed E-state index contributed by atoms with van der Waals surface area (Å²) < 4.78 is 0. The highest BCUT2D eigenvalue weighted by Crippen LogP contribution is 2.02. The van der Waals surface area contributed by atoms with Crippen molar-refractivity contribution in [3.8, 4) is 0 Å². The van der Waals surface area contributed by atoms with Gasteiger partial charge in [0, 0.05) is 6.20 Å². The van der Waals surface area contributed by atoms with Gasteiger partial charge in [-0.15, -0.1) is 0 Å². The van der Waals surface area contributed by atoms with Crippen molar-refractivity contribution in [2.75, 3.05) is 5.32 Å². The van der Waals surface area contributed by atoms with Crippen LogP contribution in [0.4, 0.5) is 5.82 Å². The maximum absolute atomic E-state index is 10.7. The molecule has 3 N–H and O–H groups in total. The van der Waals surface area contributed by atoms with Crippen molar-refractivity contribution in [1.29, 1.82) is 0 Å². The van der Waals surface area contributed by atoms with Gasteiger partial charge in [0.05, 0.1) is 0 Å². The maximum Gasteiger partial charge on any atom is 0.239 e. The average Bonchev–Trinajstić information content (AvgIpc) is 2.04. The SMILES string of the molecule is Cc1nccc(NC(C)C(N)=O)n1. The topological polar surface area (TPSA) is 80.9 Å². The fourth-order valence-corrected chi connectivity index (χ4v) is 0.830. The summed E-state index contributed by atoms with van der Waals surface area (Å²) in [4.78, 5) is 18.7. The second kappa shape index (κ2) is 3.84. The fraction of sp³-hybridized carbons (Fsp3) is 0.375. The molecular formula is C8H12N4O. The van der Waals surface area contributed by atoms with Gasteiger partial charge >= 0.3 is 0 Å². The lowest BCUT2D eigenvalue weighted by Gasteiger charge is -2.10. The third-order valence-corrected chi connectivity index (χ3v) is 1.57. The van der Waals surface area contributed by atoms with E-state index >= 15 is 0 Å². The van der Waals surface area contributed by atoms with Gasteiger partial charge in [-0.3, -0.25) is 4.79 Å². The van der Waals surface area contributed by atoms with Gasteiger partial charge in [0.25, 0.3) is 0 Å². The van der Waals surface area contributed by atoms with E-state index in [9.17, 15) is 4.79 Å². The standard InChI is InChI=1S/C8H12N4O/c1-5(8(9)13)11-7-3-4-10-6(2)12-7/h3-5H,1-2H3,(H2,9,13)(H,10,11,12). The van der Waals surface area contributed by atoms with E-state index in [0.29, 0.717) is 11.6 Å². The number of amides is 1. The van der Waals surface area contributed by atoms with Gasteiger partial charge < -0.3 is 11.1 Å². The van der Waals surface area contributed by atoms with Crippen LogP contribution in [0.3, 0.4) is 0 Å². The summed E-state index contributed by atoms with van der Waals surface area (Å²) in [6.45, 7) is 3.46. The Morgan fingerprint density at radius 2 is 2.38 bits per heavy atom. The molecule has 0 aliphatic rings. The van der Waals surface area contributed by atoms with Crippen LogP contribution in [0.25, 0.3) is 0 Å². The summed E-state index contributed by atoms with van der Waals surface area (Å²) in [5.41, 5.74) is 5.08. The smallest absolute Gasteiger partial charge is 0.239 e. The van der Waals surface area contributed by atoms with Crippen LogP contribution in [0.5, 0.6) is 0 Å². The molecule has 0 aliphatic carbocycles. The van der Waals surface area contributed by atoms with Crippen LogP contribution in [-0.2, 0) is 4.79 Å². The Bertz CT molecular complexity index is 313. The first kappa shape index (κ1) is 9.44. The third-order valence-electron chi connectivity index (χ3n) is 1.57. The number of aryl methyl sites for hydroxylation is 1. The van der Waals surface area contributed by atoms with Crippen molar-refractivity contribution < 1.29 is 4.79 Å².